The van der Waals surface area contributed by atoms with Gasteiger partial charge in [0.1, 0.15) is 12.4 Å². The Labute approximate surface area is 90.1 Å². The smallest absolute Gasteiger partial charge is 0.212 e. The summed E-state index contributed by atoms with van der Waals surface area (Å²) in [7, 11) is -3.44. The average molecular weight is 229 g/mol. The van der Waals surface area contributed by atoms with Crippen LogP contribution in [-0.2, 0) is 10.0 Å². The molecule has 0 amide bonds. The second kappa shape index (κ2) is 4.63. The monoisotopic (exact) mass is 229 g/mol. The maximum Gasteiger partial charge on any atom is 0.212 e. The molecule has 15 heavy (non-hydrogen) atoms. The third-order valence-corrected chi connectivity index (χ3v) is 2.85. The molecular weight excluding hydrogens is 214 g/mol. The molecule has 0 unspecified atom stereocenters. The third-order valence-electron chi connectivity index (χ3n) is 2.11. The number of ether oxygens (including phenoxy) is 1. The van der Waals surface area contributed by atoms with Crippen LogP contribution >= 0.6 is 0 Å². The predicted molar refractivity (Wildman–Crippen MR) is 59.4 cm³/mol. The molecule has 84 valence electrons. The summed E-state index contributed by atoms with van der Waals surface area (Å²) in [5.74, 6) is 0.502. The molecule has 0 bridgehead atoms. The molecule has 0 saturated heterocycles. The van der Waals surface area contributed by atoms with E-state index < -0.39 is 10.0 Å². The second-order valence-electron chi connectivity index (χ2n) is 3.46. The van der Waals surface area contributed by atoms with Gasteiger partial charge >= 0.3 is 0 Å². The lowest BCUT2D eigenvalue weighted by atomic mass is 10.1. The molecule has 2 N–H and O–H groups in total. The number of aryl methyl sites for hydroxylation is 2. The van der Waals surface area contributed by atoms with Gasteiger partial charge in [0.05, 0.1) is 5.75 Å². The van der Waals surface area contributed by atoms with E-state index in [0.29, 0.717) is 5.75 Å². The van der Waals surface area contributed by atoms with Gasteiger partial charge in [0.15, 0.2) is 0 Å². The van der Waals surface area contributed by atoms with Crippen molar-refractivity contribution in [1.82, 2.24) is 0 Å². The molecule has 0 spiro atoms. The lowest BCUT2D eigenvalue weighted by Gasteiger charge is -2.07. The summed E-state index contributed by atoms with van der Waals surface area (Å²) in [6, 6.07) is 5.62. The molecule has 0 aliphatic rings. The Bertz CT molecular complexity index is 440. The minimum atomic E-state index is -3.44. The standard InChI is InChI=1S/C10H15NO3S/c1-8-3-4-10(7-9(8)2)14-5-6-15(11,12)13/h3-4,7H,5-6H2,1-2H3,(H2,11,12,13). The van der Waals surface area contributed by atoms with Gasteiger partial charge < -0.3 is 4.74 Å². The molecule has 0 aliphatic carbocycles. The summed E-state index contributed by atoms with van der Waals surface area (Å²) in [6.07, 6.45) is 0. The number of sulfonamides is 1. The zero-order chi connectivity index (χ0) is 11.5. The molecule has 5 heteroatoms. The maximum atomic E-state index is 10.6. The van der Waals surface area contributed by atoms with Gasteiger partial charge in [0.2, 0.25) is 10.0 Å². The minimum Gasteiger partial charge on any atom is -0.492 e. The first-order chi connectivity index (χ1) is 6.88. The highest BCUT2D eigenvalue weighted by molar-refractivity contribution is 7.89. The molecular formula is C10H15NO3S. The first-order valence-electron chi connectivity index (χ1n) is 4.59. The molecule has 4 nitrogen and oxygen atoms in total. The van der Waals surface area contributed by atoms with E-state index in [1.54, 1.807) is 0 Å². The predicted octanol–water partition coefficient (Wildman–Crippen LogP) is 0.971. The van der Waals surface area contributed by atoms with Gasteiger partial charge in [-0.25, -0.2) is 13.6 Å². The highest BCUT2D eigenvalue weighted by Crippen LogP contribution is 2.16. The van der Waals surface area contributed by atoms with E-state index in [-0.39, 0.29) is 12.4 Å². The van der Waals surface area contributed by atoms with Gasteiger partial charge in [-0.15, -0.1) is 0 Å². The van der Waals surface area contributed by atoms with Crippen molar-refractivity contribution >= 4 is 10.0 Å². The van der Waals surface area contributed by atoms with E-state index >= 15 is 0 Å². The van der Waals surface area contributed by atoms with Crippen LogP contribution < -0.4 is 9.88 Å². The minimum absolute atomic E-state index is 0.0847. The summed E-state index contributed by atoms with van der Waals surface area (Å²) in [4.78, 5) is 0. The summed E-state index contributed by atoms with van der Waals surface area (Å²) >= 11 is 0. The van der Waals surface area contributed by atoms with Crippen molar-refractivity contribution in [2.45, 2.75) is 13.8 Å². The fourth-order valence-corrected chi connectivity index (χ4v) is 1.40. The number of primary sulfonamides is 1. The molecule has 0 aromatic heterocycles. The zero-order valence-electron chi connectivity index (χ0n) is 8.86. The van der Waals surface area contributed by atoms with Gasteiger partial charge in [-0.05, 0) is 37.1 Å². The summed E-state index contributed by atoms with van der Waals surface area (Å²) < 4.78 is 26.5. The van der Waals surface area contributed by atoms with Gasteiger partial charge in [-0.1, -0.05) is 6.07 Å². The van der Waals surface area contributed by atoms with E-state index in [1.807, 2.05) is 32.0 Å². The van der Waals surface area contributed by atoms with Gasteiger partial charge in [0, 0.05) is 0 Å². The van der Waals surface area contributed by atoms with Crippen LogP contribution in [0.1, 0.15) is 11.1 Å². The maximum absolute atomic E-state index is 10.6. The van der Waals surface area contributed by atoms with Crippen LogP contribution in [0.25, 0.3) is 0 Å². The van der Waals surface area contributed by atoms with Gasteiger partial charge in [0.25, 0.3) is 0 Å². The molecule has 1 aromatic carbocycles. The molecule has 1 aromatic rings. The van der Waals surface area contributed by atoms with E-state index in [9.17, 15) is 8.42 Å². The van der Waals surface area contributed by atoms with Crippen molar-refractivity contribution in [2.24, 2.45) is 5.14 Å². The number of benzene rings is 1. The molecule has 0 heterocycles. The van der Waals surface area contributed by atoms with Gasteiger partial charge in [-0.2, -0.15) is 0 Å². The van der Waals surface area contributed by atoms with Crippen LogP contribution in [0, 0.1) is 13.8 Å². The normalized spacial score (nSPS) is 11.4. The fourth-order valence-electron chi connectivity index (χ4n) is 1.08. The lowest BCUT2D eigenvalue weighted by molar-refractivity contribution is 0.340. The SMILES string of the molecule is Cc1ccc(OCCS(N)(=O)=O)cc1C. The Morgan fingerprint density at radius 2 is 1.93 bits per heavy atom. The molecule has 0 atom stereocenters. The summed E-state index contributed by atoms with van der Waals surface area (Å²) in [5.41, 5.74) is 2.29. The quantitative estimate of drug-likeness (QED) is 0.836. The number of rotatable bonds is 4. The summed E-state index contributed by atoms with van der Waals surface area (Å²) in [5, 5.41) is 4.85. The van der Waals surface area contributed by atoms with Crippen LogP contribution in [-0.4, -0.2) is 20.8 Å². The van der Waals surface area contributed by atoms with Crippen molar-refractivity contribution in [2.75, 3.05) is 12.4 Å². The molecule has 0 radical (unpaired) electrons. The Morgan fingerprint density at radius 3 is 2.47 bits per heavy atom. The Balaban J connectivity index is 2.55. The first-order valence-corrected chi connectivity index (χ1v) is 6.30. The first kappa shape index (κ1) is 12.0. The van der Waals surface area contributed by atoms with E-state index in [1.165, 1.54) is 5.56 Å². The second-order valence-corrected chi connectivity index (χ2v) is 5.20. The van der Waals surface area contributed by atoms with Crippen LogP contribution in [0.2, 0.25) is 0 Å². The Hall–Kier alpha value is -1.07. The third kappa shape index (κ3) is 4.31. The average Bonchev–Trinajstić information content (AvgIpc) is 2.09. The fraction of sp³-hybridized carbons (Fsp3) is 0.400. The van der Waals surface area contributed by atoms with Crippen LogP contribution in [0.15, 0.2) is 18.2 Å². The van der Waals surface area contributed by atoms with Crippen molar-refractivity contribution in [1.29, 1.82) is 0 Å². The topological polar surface area (TPSA) is 69.4 Å². The van der Waals surface area contributed by atoms with E-state index in [4.69, 9.17) is 9.88 Å². The lowest BCUT2D eigenvalue weighted by Crippen LogP contribution is -2.21. The Kier molecular flexibility index (Phi) is 3.71. The van der Waals surface area contributed by atoms with E-state index in [2.05, 4.69) is 0 Å². The Morgan fingerprint density at radius 1 is 1.27 bits per heavy atom. The zero-order valence-corrected chi connectivity index (χ0v) is 9.67. The summed E-state index contributed by atoms with van der Waals surface area (Å²) in [6.45, 7) is 4.06. The number of nitrogens with two attached hydrogens (primary N) is 1. The van der Waals surface area contributed by atoms with Crippen LogP contribution in [0.5, 0.6) is 5.75 Å². The van der Waals surface area contributed by atoms with Crippen LogP contribution in [0.3, 0.4) is 0 Å². The molecule has 0 fully saturated rings. The van der Waals surface area contributed by atoms with Crippen molar-refractivity contribution in [3.8, 4) is 5.75 Å². The largest absolute Gasteiger partial charge is 0.492 e. The highest BCUT2D eigenvalue weighted by atomic mass is 32.2. The molecule has 0 saturated carbocycles. The molecule has 0 aliphatic heterocycles. The molecule has 1 rings (SSSR count). The number of hydrogen-bond acceptors (Lipinski definition) is 3. The van der Waals surface area contributed by atoms with Crippen molar-refractivity contribution < 1.29 is 13.2 Å². The van der Waals surface area contributed by atoms with Crippen molar-refractivity contribution in [3.05, 3.63) is 29.3 Å². The van der Waals surface area contributed by atoms with Crippen LogP contribution in [0.4, 0.5) is 0 Å². The number of hydrogen-bond donors (Lipinski definition) is 1. The highest BCUT2D eigenvalue weighted by Gasteiger charge is 2.03. The van der Waals surface area contributed by atoms with E-state index in [0.717, 1.165) is 5.56 Å². The van der Waals surface area contributed by atoms with Gasteiger partial charge in [-0.3, -0.25) is 0 Å². The van der Waals surface area contributed by atoms with Crippen molar-refractivity contribution in [3.63, 3.8) is 0 Å².